The Bertz CT molecular complexity index is 971. The van der Waals surface area contributed by atoms with Gasteiger partial charge in [-0.2, -0.15) is 5.10 Å². The second-order valence-corrected chi connectivity index (χ2v) is 7.71. The molecule has 0 aliphatic rings. The number of nitrogens with zero attached hydrogens (tertiary/aromatic N) is 2. The Labute approximate surface area is 170 Å². The van der Waals surface area contributed by atoms with Gasteiger partial charge in [-0.25, -0.2) is 10.4 Å². The topological polar surface area (TPSA) is 82.0 Å². The van der Waals surface area contributed by atoms with Gasteiger partial charge in [0.05, 0.1) is 43.5 Å². The van der Waals surface area contributed by atoms with E-state index in [0.29, 0.717) is 22.8 Å². The Hall–Kier alpha value is -2.78. The number of benzene rings is 2. The lowest BCUT2D eigenvalue weighted by molar-refractivity contribution is -0.118. The summed E-state index contributed by atoms with van der Waals surface area (Å²) < 4.78 is 17.9. The molecular weight excluding hydrogens is 398 g/mol. The molecule has 0 aliphatic heterocycles. The Kier molecular flexibility index (Phi) is 6.72. The molecule has 146 valence electrons. The molecule has 0 fully saturated rings. The highest BCUT2D eigenvalue weighted by Crippen LogP contribution is 2.39. The number of nitrogens with one attached hydrogen (secondary N) is 1. The summed E-state index contributed by atoms with van der Waals surface area (Å²) in [5.74, 6) is 1.49. The number of thioether (sulfide) groups is 1. The van der Waals surface area contributed by atoms with Crippen LogP contribution in [-0.2, 0) is 4.79 Å². The van der Waals surface area contributed by atoms with Crippen LogP contribution in [0.5, 0.6) is 17.2 Å². The van der Waals surface area contributed by atoms with Gasteiger partial charge >= 0.3 is 0 Å². The summed E-state index contributed by atoms with van der Waals surface area (Å²) in [4.78, 5) is 16.5. The van der Waals surface area contributed by atoms with Gasteiger partial charge in [0, 0.05) is 5.56 Å². The van der Waals surface area contributed by atoms with Gasteiger partial charge < -0.3 is 14.2 Å². The molecule has 28 heavy (non-hydrogen) atoms. The minimum Gasteiger partial charge on any atom is -0.493 e. The third-order valence-electron chi connectivity index (χ3n) is 3.73. The van der Waals surface area contributed by atoms with Gasteiger partial charge in [0.25, 0.3) is 5.91 Å². The van der Waals surface area contributed by atoms with Crippen molar-refractivity contribution in [1.29, 1.82) is 0 Å². The van der Waals surface area contributed by atoms with Crippen molar-refractivity contribution in [2.24, 2.45) is 5.10 Å². The molecule has 7 nitrogen and oxygen atoms in total. The van der Waals surface area contributed by atoms with E-state index in [1.807, 2.05) is 24.3 Å². The lowest BCUT2D eigenvalue weighted by Crippen LogP contribution is -2.19. The molecule has 1 aromatic heterocycles. The number of thiazole rings is 1. The molecule has 2 aromatic carbocycles. The second-order valence-electron chi connectivity index (χ2n) is 5.45. The van der Waals surface area contributed by atoms with Crippen LogP contribution in [0.1, 0.15) is 5.56 Å². The minimum absolute atomic E-state index is 0.222. The second kappa shape index (κ2) is 9.43. The number of carbonyl (C=O) groups is 1. The number of para-hydroxylation sites is 1. The number of methoxy groups -OCH3 is 3. The molecule has 0 radical (unpaired) electrons. The van der Waals surface area contributed by atoms with E-state index in [0.717, 1.165) is 14.6 Å². The third-order valence-corrected chi connectivity index (χ3v) is 5.91. The number of amides is 1. The van der Waals surface area contributed by atoms with Crippen molar-refractivity contribution in [2.75, 3.05) is 27.1 Å². The van der Waals surface area contributed by atoms with E-state index in [1.54, 1.807) is 30.6 Å². The van der Waals surface area contributed by atoms with Crippen molar-refractivity contribution in [3.8, 4) is 17.2 Å². The SMILES string of the molecule is COc1ccc(/C=N/NC(=O)CSc2nc3ccccc3s2)c(OC)c1OC. The van der Waals surface area contributed by atoms with Crippen LogP contribution in [0, 0.1) is 0 Å². The summed E-state index contributed by atoms with van der Waals surface area (Å²) in [5.41, 5.74) is 4.10. The first-order valence-electron chi connectivity index (χ1n) is 8.25. The van der Waals surface area contributed by atoms with E-state index in [4.69, 9.17) is 14.2 Å². The third kappa shape index (κ3) is 4.55. The summed E-state index contributed by atoms with van der Waals surface area (Å²) in [6.45, 7) is 0. The molecule has 1 N–H and O–H groups in total. The van der Waals surface area contributed by atoms with Gasteiger partial charge in [0.2, 0.25) is 5.75 Å². The summed E-state index contributed by atoms with van der Waals surface area (Å²) in [5, 5.41) is 4.00. The molecule has 9 heteroatoms. The van der Waals surface area contributed by atoms with Crippen LogP contribution in [0.4, 0.5) is 0 Å². The molecule has 0 saturated heterocycles. The Morgan fingerprint density at radius 3 is 2.64 bits per heavy atom. The fourth-order valence-corrected chi connectivity index (χ4v) is 4.33. The van der Waals surface area contributed by atoms with Crippen LogP contribution >= 0.6 is 23.1 Å². The molecule has 3 rings (SSSR count). The maximum atomic E-state index is 12.1. The predicted octanol–water partition coefficient (Wildman–Crippen LogP) is 3.56. The van der Waals surface area contributed by atoms with E-state index >= 15 is 0 Å². The van der Waals surface area contributed by atoms with Gasteiger partial charge in [-0.05, 0) is 24.3 Å². The van der Waals surface area contributed by atoms with Crippen LogP contribution in [-0.4, -0.2) is 44.2 Å². The zero-order valence-corrected chi connectivity index (χ0v) is 17.2. The molecule has 0 unspecified atom stereocenters. The van der Waals surface area contributed by atoms with Crippen molar-refractivity contribution in [3.63, 3.8) is 0 Å². The Morgan fingerprint density at radius 2 is 1.93 bits per heavy atom. The van der Waals surface area contributed by atoms with Crippen LogP contribution in [0.3, 0.4) is 0 Å². The monoisotopic (exact) mass is 417 g/mol. The van der Waals surface area contributed by atoms with E-state index in [2.05, 4.69) is 15.5 Å². The van der Waals surface area contributed by atoms with E-state index in [9.17, 15) is 4.79 Å². The van der Waals surface area contributed by atoms with E-state index in [1.165, 1.54) is 32.2 Å². The highest BCUT2D eigenvalue weighted by molar-refractivity contribution is 8.01. The normalized spacial score (nSPS) is 11.0. The maximum absolute atomic E-state index is 12.1. The number of hydrazone groups is 1. The van der Waals surface area contributed by atoms with Gasteiger partial charge in [-0.1, -0.05) is 23.9 Å². The lowest BCUT2D eigenvalue weighted by Gasteiger charge is -2.13. The van der Waals surface area contributed by atoms with Gasteiger partial charge in [0.15, 0.2) is 15.8 Å². The standard InChI is InChI=1S/C19H19N3O4S2/c1-24-14-9-8-12(17(25-2)18(14)26-3)10-20-22-16(23)11-27-19-21-13-6-4-5-7-15(13)28-19/h4-10H,11H2,1-3H3,(H,22,23)/b20-10+. The van der Waals surface area contributed by atoms with Crippen LogP contribution in [0.2, 0.25) is 0 Å². The summed E-state index contributed by atoms with van der Waals surface area (Å²) >= 11 is 2.94. The van der Waals surface area contributed by atoms with Gasteiger partial charge in [-0.15, -0.1) is 11.3 Å². The highest BCUT2D eigenvalue weighted by Gasteiger charge is 2.14. The molecular formula is C19H19N3O4S2. The molecule has 1 heterocycles. The number of carbonyl (C=O) groups excluding carboxylic acids is 1. The first-order valence-corrected chi connectivity index (χ1v) is 10.1. The van der Waals surface area contributed by atoms with Crippen LogP contribution < -0.4 is 19.6 Å². The van der Waals surface area contributed by atoms with Crippen molar-refractivity contribution >= 4 is 45.4 Å². The van der Waals surface area contributed by atoms with Crippen molar-refractivity contribution < 1.29 is 19.0 Å². The van der Waals surface area contributed by atoms with E-state index in [-0.39, 0.29) is 11.7 Å². The fraction of sp³-hybridized carbons (Fsp3) is 0.211. The largest absolute Gasteiger partial charge is 0.493 e. The maximum Gasteiger partial charge on any atom is 0.250 e. The Balaban J connectivity index is 1.60. The summed E-state index contributed by atoms with van der Waals surface area (Å²) in [6, 6.07) is 11.4. The molecule has 3 aromatic rings. The number of hydrogen-bond donors (Lipinski definition) is 1. The minimum atomic E-state index is -0.222. The number of fused-ring (bicyclic) bond motifs is 1. The fourth-order valence-electron chi connectivity index (χ4n) is 2.47. The molecule has 1 amide bonds. The van der Waals surface area contributed by atoms with Crippen LogP contribution in [0.25, 0.3) is 10.2 Å². The Morgan fingerprint density at radius 1 is 1.14 bits per heavy atom. The van der Waals surface area contributed by atoms with Crippen molar-refractivity contribution in [1.82, 2.24) is 10.4 Å². The quantitative estimate of drug-likeness (QED) is 0.343. The summed E-state index contributed by atoms with van der Waals surface area (Å²) in [7, 11) is 4.61. The van der Waals surface area contributed by atoms with E-state index < -0.39 is 0 Å². The number of aromatic nitrogens is 1. The average Bonchev–Trinajstić information content (AvgIpc) is 3.14. The molecule has 0 aliphatic carbocycles. The number of ether oxygens (including phenoxy) is 3. The lowest BCUT2D eigenvalue weighted by atomic mass is 10.2. The zero-order valence-electron chi connectivity index (χ0n) is 15.6. The molecule has 0 bridgehead atoms. The first kappa shape index (κ1) is 20.0. The predicted molar refractivity (Wildman–Crippen MR) is 112 cm³/mol. The molecule has 0 atom stereocenters. The highest BCUT2D eigenvalue weighted by atomic mass is 32.2. The molecule has 0 saturated carbocycles. The zero-order chi connectivity index (χ0) is 19.9. The van der Waals surface area contributed by atoms with Crippen LogP contribution in [0.15, 0.2) is 45.8 Å². The summed E-state index contributed by atoms with van der Waals surface area (Å²) in [6.07, 6.45) is 1.50. The molecule has 0 spiro atoms. The number of rotatable bonds is 8. The average molecular weight is 418 g/mol. The smallest absolute Gasteiger partial charge is 0.250 e. The first-order chi connectivity index (χ1) is 13.7. The van der Waals surface area contributed by atoms with Crippen molar-refractivity contribution in [3.05, 3.63) is 42.0 Å². The van der Waals surface area contributed by atoms with Gasteiger partial charge in [0.1, 0.15) is 0 Å². The van der Waals surface area contributed by atoms with Crippen molar-refractivity contribution in [2.45, 2.75) is 4.34 Å². The number of hydrogen-bond acceptors (Lipinski definition) is 8. The van der Waals surface area contributed by atoms with Gasteiger partial charge in [-0.3, -0.25) is 4.79 Å².